The maximum absolute atomic E-state index is 4.94. The van der Waals surface area contributed by atoms with Crippen LogP contribution in [-0.2, 0) is 0 Å². The van der Waals surface area contributed by atoms with E-state index in [1.807, 2.05) is 0 Å². The molecule has 60 heavy (non-hydrogen) atoms. The minimum absolute atomic E-state index is 0.340. The van der Waals surface area contributed by atoms with E-state index in [4.69, 9.17) is 5.84 Å². The van der Waals surface area contributed by atoms with Crippen LogP contribution in [0.1, 0.15) is 0 Å². The highest BCUT2D eigenvalue weighted by molar-refractivity contribution is 4.27. The molecule has 0 radical (unpaired) electrons. The summed E-state index contributed by atoms with van der Waals surface area (Å²) in [5.74, 6) is 4.94. The van der Waals surface area contributed by atoms with Crippen LogP contribution in [0.4, 0.5) is 0 Å². The summed E-state index contributed by atoms with van der Waals surface area (Å²) >= 11 is 0. The largest absolute Gasteiger partial charge is 0.257 e. The quantitative estimate of drug-likeness (QED) is 0.0117. The molecule has 0 fully saturated rings. The standard InChI is InChI=1S/C2H64N58/c1-4-8-12-16-13-9-5-2-6-10-14-17-19-21-23-25-27-29-31-33-35-37-39-41-43-45-47-49-51-53-55-57-59-60-58-56-54-52-50-48-46-44-42-40-38-36-34-32-30-28-26-24-22-20-18-15-11-7-3/h4-60H,2-3H2,1H3. The number of hydrogen-bond acceptors (Lipinski definition) is 58. The Morgan fingerprint density at radius 3 is 0.467 bits per heavy atom. The summed E-state index contributed by atoms with van der Waals surface area (Å²) in [6.45, 7) is 0.340. The van der Waals surface area contributed by atoms with E-state index < -0.39 is 0 Å². The average Bonchev–Trinajstić information content (AvgIpc) is 3.26. The molecule has 0 heterocycles. The van der Waals surface area contributed by atoms with Crippen molar-refractivity contribution in [2.45, 2.75) is 0 Å². The Hall–Kier alpha value is -2.32. The van der Waals surface area contributed by atoms with Crippen LogP contribution in [0.5, 0.6) is 0 Å². The first-order valence-electron chi connectivity index (χ1n) is 15.2. The van der Waals surface area contributed by atoms with E-state index in [9.17, 15) is 0 Å². The van der Waals surface area contributed by atoms with Crippen LogP contribution in [0.2, 0.25) is 0 Å². The van der Waals surface area contributed by atoms with Gasteiger partial charge in [0, 0.05) is 0 Å². The van der Waals surface area contributed by atoms with Crippen LogP contribution in [0.25, 0.3) is 0 Å². The molecular formula is C2H64N58. The van der Waals surface area contributed by atoms with Gasteiger partial charge in [-0.15, -0.1) is 0 Å². The first kappa shape index (κ1) is 57.7. The van der Waals surface area contributed by atoms with Gasteiger partial charge in [0.25, 0.3) is 0 Å². The van der Waals surface area contributed by atoms with E-state index in [0.717, 1.165) is 0 Å². The van der Waals surface area contributed by atoms with Crippen molar-refractivity contribution in [3.8, 4) is 0 Å². The topological polar surface area (TPSA) is 712 Å². The lowest BCUT2D eigenvalue weighted by molar-refractivity contribution is 0.177. The van der Waals surface area contributed by atoms with Crippen LogP contribution in [0, 0.1) is 0 Å². The van der Waals surface area contributed by atoms with E-state index in [-0.39, 0.29) is 0 Å². The number of hydrogen-bond donors (Lipinski definition) is 58. The smallest absolute Gasteiger partial charge is 0.0748 e. The van der Waals surface area contributed by atoms with Crippen molar-refractivity contribution in [2.75, 3.05) is 13.7 Å². The molecule has 59 N–H and O–H groups in total. The fourth-order valence-electron chi connectivity index (χ4n) is 1.85. The molecule has 0 aliphatic heterocycles. The van der Waals surface area contributed by atoms with Gasteiger partial charge in [-0.1, -0.05) is 0 Å². The van der Waals surface area contributed by atoms with Crippen LogP contribution < -0.4 is 321 Å². The molecule has 0 unspecified atom stereocenters. The van der Waals surface area contributed by atoms with Crippen molar-refractivity contribution < 1.29 is 0 Å². The van der Waals surface area contributed by atoms with Gasteiger partial charge in [-0.3, -0.25) is 5.84 Å². The lowest BCUT2D eigenvalue weighted by Gasteiger charge is -2.16. The summed E-state index contributed by atoms with van der Waals surface area (Å²) in [7, 11) is 1.70. The Labute approximate surface area is 335 Å². The van der Waals surface area contributed by atoms with Gasteiger partial charge < -0.3 is 0 Å². The van der Waals surface area contributed by atoms with Gasteiger partial charge in [0.2, 0.25) is 0 Å². The molecular weight excluding hydrogens is 836 g/mol. The van der Waals surface area contributed by atoms with Crippen LogP contribution in [0.3, 0.4) is 0 Å². The molecule has 0 aromatic rings. The molecule has 362 valence electrons. The molecule has 58 heteroatoms. The van der Waals surface area contributed by atoms with E-state index in [2.05, 4.69) is 315 Å². The first-order valence-corrected chi connectivity index (χ1v) is 15.2. The lowest BCUT2D eigenvalue weighted by Crippen LogP contribution is -2.71. The molecule has 0 rings (SSSR count). The van der Waals surface area contributed by atoms with Crippen molar-refractivity contribution in [1.29, 1.82) is 0 Å². The predicted octanol–water partition coefficient (Wildman–Crippen LogP) is -28.6. The molecule has 0 aliphatic rings. The molecule has 0 spiro atoms. The number of rotatable bonds is 57. The molecule has 0 atom stereocenters. The van der Waals surface area contributed by atoms with Crippen molar-refractivity contribution in [3.05, 3.63) is 0 Å². The normalized spacial score (nSPS) is 11.7. The Kier molecular flexibility index (Phi) is 54.5. The van der Waals surface area contributed by atoms with E-state index >= 15 is 0 Å². The van der Waals surface area contributed by atoms with Crippen molar-refractivity contribution >= 4 is 0 Å². The Morgan fingerprint density at radius 2 is 0.317 bits per heavy atom. The van der Waals surface area contributed by atoms with Gasteiger partial charge in [-0.25, -0.2) is 16.3 Å². The summed E-state index contributed by atoms with van der Waals surface area (Å²) < 4.78 is 0. The lowest BCUT2D eigenvalue weighted by atomic mass is 11.2. The third kappa shape index (κ3) is 55.7. The van der Waals surface area contributed by atoms with E-state index in [0.29, 0.717) is 6.67 Å². The maximum atomic E-state index is 4.94. The van der Waals surface area contributed by atoms with Gasteiger partial charge in [-0.05, 0) is 7.05 Å². The molecule has 0 saturated carbocycles. The Morgan fingerprint density at radius 1 is 0.183 bits per heavy atom. The third-order valence-electron chi connectivity index (χ3n) is 3.74. The second kappa shape index (κ2) is 56.7. The SMILES string of the molecule is CNNNNNNNCNNNNNNNNNNNNNNNNNNNNNNNNNNNNNNNNNNNNNNNNNNNNNNNNNNN. The van der Waals surface area contributed by atoms with Gasteiger partial charge >= 0.3 is 0 Å². The zero-order chi connectivity index (χ0) is 43.0. The fourth-order valence-corrected chi connectivity index (χ4v) is 1.85. The minimum Gasteiger partial charge on any atom is -0.257 e. The number of nitrogens with two attached hydrogens (primary N) is 1. The third-order valence-corrected chi connectivity index (χ3v) is 3.74. The zero-order valence-corrected chi connectivity index (χ0v) is 30.8. The predicted molar refractivity (Wildman–Crippen MR) is 194 cm³/mol. The van der Waals surface area contributed by atoms with E-state index in [1.165, 1.54) is 0 Å². The van der Waals surface area contributed by atoms with Crippen molar-refractivity contribution in [1.82, 2.24) is 315 Å². The maximum Gasteiger partial charge on any atom is 0.0748 e. The van der Waals surface area contributed by atoms with Crippen molar-refractivity contribution in [3.63, 3.8) is 0 Å². The number of nitrogens with one attached hydrogen (secondary N) is 57. The fraction of sp³-hybridized carbons (Fsp3) is 1.00. The van der Waals surface area contributed by atoms with E-state index in [1.54, 1.807) is 7.05 Å². The molecule has 0 bridgehead atoms. The van der Waals surface area contributed by atoms with Crippen LogP contribution in [0.15, 0.2) is 0 Å². The molecule has 0 saturated heterocycles. The number of hydrazine groups is 56. The summed E-state index contributed by atoms with van der Waals surface area (Å²) in [5.41, 5.74) is 143. The molecule has 0 aliphatic carbocycles. The summed E-state index contributed by atoms with van der Waals surface area (Å²) in [4.78, 5) is 0. The van der Waals surface area contributed by atoms with Crippen LogP contribution in [-0.4, -0.2) is 13.7 Å². The molecule has 58 nitrogen and oxygen atoms in total. The molecule has 0 aromatic heterocycles. The summed E-state index contributed by atoms with van der Waals surface area (Å²) in [6, 6.07) is 0. The first-order chi connectivity index (χ1) is 29.9. The van der Waals surface area contributed by atoms with Gasteiger partial charge in [-0.2, -0.15) is 299 Å². The highest BCUT2D eigenvalue weighted by atomic mass is 16.0. The van der Waals surface area contributed by atoms with Gasteiger partial charge in [0.1, 0.15) is 0 Å². The zero-order valence-electron chi connectivity index (χ0n) is 30.8. The van der Waals surface area contributed by atoms with Gasteiger partial charge in [0.05, 0.1) is 6.67 Å². The average molecular weight is 901 g/mol. The van der Waals surface area contributed by atoms with Crippen molar-refractivity contribution in [2.24, 2.45) is 5.84 Å². The second-order valence-electron chi connectivity index (χ2n) is 7.55. The van der Waals surface area contributed by atoms with Gasteiger partial charge in [0.15, 0.2) is 0 Å². The highest BCUT2D eigenvalue weighted by Gasteiger charge is 1.89. The van der Waals surface area contributed by atoms with Crippen LogP contribution >= 0.6 is 0 Å². The summed E-state index contributed by atoms with van der Waals surface area (Å²) in [6.07, 6.45) is 0. The monoisotopic (exact) mass is 901 g/mol. The second-order valence-corrected chi connectivity index (χ2v) is 7.55. The minimum atomic E-state index is 0.340. The molecule has 0 amide bonds. The Balaban J connectivity index is 3.06. The molecule has 0 aromatic carbocycles. The highest BCUT2D eigenvalue weighted by Crippen LogP contribution is 1.38. The summed E-state index contributed by atoms with van der Waals surface area (Å²) in [5, 5.41) is 0. The Bertz CT molecular complexity index is 634.